The second-order valence-corrected chi connectivity index (χ2v) is 7.79. The van der Waals surface area contributed by atoms with Gasteiger partial charge in [0, 0.05) is 5.69 Å². The van der Waals surface area contributed by atoms with Crippen LogP contribution < -0.4 is 5.73 Å². The first kappa shape index (κ1) is 16.5. The normalized spacial score (nSPS) is 16.5. The van der Waals surface area contributed by atoms with Gasteiger partial charge in [-0.05, 0) is 40.8 Å². The number of aromatic nitrogens is 4. The Bertz CT molecular complexity index is 1130. The Balaban J connectivity index is 1.80. The van der Waals surface area contributed by atoms with Crippen molar-refractivity contribution < 1.29 is 13.2 Å². The SMILES string of the molecule is Nc1cccc(-n2nnnc2C(S)N2C(=O)c3ccccc3S2(=O)=O)c1. The van der Waals surface area contributed by atoms with E-state index in [2.05, 4.69) is 28.2 Å². The molecule has 1 unspecified atom stereocenters. The number of carbonyl (C=O) groups is 1. The summed E-state index contributed by atoms with van der Waals surface area (Å²) in [4.78, 5) is 12.6. The molecule has 1 aromatic heterocycles. The third kappa shape index (κ3) is 2.35. The molecule has 1 amide bonds. The van der Waals surface area contributed by atoms with E-state index in [1.807, 2.05) is 0 Å². The van der Waals surface area contributed by atoms with Crippen molar-refractivity contribution >= 4 is 34.2 Å². The van der Waals surface area contributed by atoms with Crippen molar-refractivity contribution in [1.82, 2.24) is 24.5 Å². The lowest BCUT2D eigenvalue weighted by Gasteiger charge is -2.21. The predicted octanol–water partition coefficient (Wildman–Crippen LogP) is 1.02. The number of anilines is 1. The first-order valence-electron chi connectivity index (χ1n) is 7.41. The van der Waals surface area contributed by atoms with E-state index < -0.39 is 21.3 Å². The van der Waals surface area contributed by atoms with Crippen LogP contribution in [0.5, 0.6) is 0 Å². The van der Waals surface area contributed by atoms with E-state index in [1.165, 1.54) is 16.8 Å². The highest BCUT2D eigenvalue weighted by Gasteiger charge is 2.46. The Kier molecular flexibility index (Phi) is 3.70. The standard InChI is InChI=1S/C15H12N6O3S2/c16-9-4-3-5-10(8-9)20-13(17-18-19-20)15(25)21-14(22)11-6-1-2-7-12(11)26(21,23)24/h1-8,15,25H,16H2. The molecule has 0 radical (unpaired) electrons. The van der Waals surface area contributed by atoms with Gasteiger partial charge in [-0.3, -0.25) is 4.79 Å². The first-order chi connectivity index (χ1) is 12.4. The molecular weight excluding hydrogens is 376 g/mol. The quantitative estimate of drug-likeness (QED) is 0.507. The zero-order chi connectivity index (χ0) is 18.5. The number of hydrogen-bond acceptors (Lipinski definition) is 8. The van der Waals surface area contributed by atoms with Crippen LogP contribution >= 0.6 is 12.6 Å². The van der Waals surface area contributed by atoms with Gasteiger partial charge < -0.3 is 5.73 Å². The molecule has 0 aliphatic carbocycles. The van der Waals surface area contributed by atoms with Gasteiger partial charge in [0.25, 0.3) is 15.9 Å². The fourth-order valence-corrected chi connectivity index (χ4v) is 4.95. The van der Waals surface area contributed by atoms with Crippen molar-refractivity contribution in [1.29, 1.82) is 0 Å². The molecule has 0 saturated heterocycles. The number of hydrogen-bond donors (Lipinski definition) is 2. The Hall–Kier alpha value is -2.92. The number of rotatable bonds is 3. The lowest BCUT2D eigenvalue weighted by atomic mass is 10.2. The molecule has 1 atom stereocenters. The molecule has 0 spiro atoms. The number of nitrogens with two attached hydrogens (primary N) is 1. The van der Waals surface area contributed by atoms with Crippen molar-refractivity contribution in [2.24, 2.45) is 0 Å². The molecular formula is C15H12N6O3S2. The Labute approximate surface area is 153 Å². The number of benzene rings is 2. The number of sulfonamides is 1. The second-order valence-electron chi connectivity index (χ2n) is 5.52. The lowest BCUT2D eigenvalue weighted by molar-refractivity contribution is 0.0859. The van der Waals surface area contributed by atoms with E-state index >= 15 is 0 Å². The number of carbonyl (C=O) groups excluding carboxylic acids is 1. The highest BCUT2D eigenvalue weighted by Crippen LogP contribution is 2.38. The largest absolute Gasteiger partial charge is 0.399 e. The third-order valence-corrected chi connectivity index (χ3v) is 6.34. The Morgan fingerprint density at radius 1 is 1.12 bits per heavy atom. The van der Waals surface area contributed by atoms with Crippen molar-refractivity contribution in [3.05, 3.63) is 59.9 Å². The minimum absolute atomic E-state index is 0.0629. The van der Waals surface area contributed by atoms with Gasteiger partial charge in [0.15, 0.2) is 11.2 Å². The first-order valence-corrected chi connectivity index (χ1v) is 9.37. The summed E-state index contributed by atoms with van der Waals surface area (Å²) in [6.45, 7) is 0. The third-order valence-electron chi connectivity index (χ3n) is 3.92. The van der Waals surface area contributed by atoms with Crippen molar-refractivity contribution in [3.63, 3.8) is 0 Å². The fraction of sp³-hybridized carbons (Fsp3) is 0.0667. The van der Waals surface area contributed by atoms with Gasteiger partial charge in [-0.15, -0.1) is 17.7 Å². The molecule has 11 heteroatoms. The maximum atomic E-state index is 12.8. The summed E-state index contributed by atoms with van der Waals surface area (Å²) in [6, 6.07) is 12.7. The van der Waals surface area contributed by atoms with Gasteiger partial charge in [0.2, 0.25) is 0 Å². The molecule has 132 valence electrons. The summed E-state index contributed by atoms with van der Waals surface area (Å²) in [5.74, 6) is -0.605. The molecule has 1 aliphatic rings. The summed E-state index contributed by atoms with van der Waals surface area (Å²) in [5.41, 5.74) is 6.87. The van der Waals surface area contributed by atoms with Crippen LogP contribution in [0.3, 0.4) is 0 Å². The van der Waals surface area contributed by atoms with E-state index in [0.29, 0.717) is 15.7 Å². The van der Waals surface area contributed by atoms with E-state index in [0.717, 1.165) is 0 Å². The molecule has 26 heavy (non-hydrogen) atoms. The van der Waals surface area contributed by atoms with Gasteiger partial charge in [0.1, 0.15) is 4.90 Å². The average Bonchev–Trinajstić information content (AvgIpc) is 3.17. The summed E-state index contributed by atoms with van der Waals surface area (Å²) in [5, 5.41) is 10.1. The molecule has 4 rings (SSSR count). The van der Waals surface area contributed by atoms with Crippen LogP contribution in [0, 0.1) is 0 Å². The number of thiol groups is 1. The van der Waals surface area contributed by atoms with Crippen molar-refractivity contribution in [2.75, 3.05) is 5.73 Å². The Morgan fingerprint density at radius 3 is 2.62 bits per heavy atom. The van der Waals surface area contributed by atoms with Crippen LogP contribution in [0.2, 0.25) is 0 Å². The average molecular weight is 388 g/mol. The maximum Gasteiger partial charge on any atom is 0.270 e. The van der Waals surface area contributed by atoms with Gasteiger partial charge in [-0.1, -0.05) is 18.2 Å². The number of tetrazole rings is 1. The van der Waals surface area contributed by atoms with E-state index in [-0.39, 0.29) is 16.3 Å². The number of amides is 1. The Morgan fingerprint density at radius 2 is 1.88 bits per heavy atom. The second kappa shape index (κ2) is 5.81. The van der Waals surface area contributed by atoms with E-state index in [4.69, 9.17) is 5.73 Å². The van der Waals surface area contributed by atoms with Crippen LogP contribution in [-0.2, 0) is 10.0 Å². The van der Waals surface area contributed by atoms with Gasteiger partial charge in [-0.25, -0.2) is 12.7 Å². The number of nitrogens with zero attached hydrogens (tertiary/aromatic N) is 5. The zero-order valence-electron chi connectivity index (χ0n) is 13.1. The molecule has 2 aromatic carbocycles. The summed E-state index contributed by atoms with van der Waals surface area (Å²) in [7, 11) is -4.05. The molecule has 3 aromatic rings. The summed E-state index contributed by atoms with van der Waals surface area (Å²) in [6.07, 6.45) is 0. The number of nitrogen functional groups attached to an aromatic ring is 1. The monoisotopic (exact) mass is 388 g/mol. The van der Waals surface area contributed by atoms with Crippen LogP contribution in [0.1, 0.15) is 21.6 Å². The smallest absolute Gasteiger partial charge is 0.270 e. The van der Waals surface area contributed by atoms with Crippen LogP contribution in [-0.4, -0.2) is 38.8 Å². The van der Waals surface area contributed by atoms with Crippen molar-refractivity contribution in [2.45, 2.75) is 10.3 Å². The molecule has 0 bridgehead atoms. The summed E-state index contributed by atoms with van der Waals surface area (Å²) >= 11 is 4.34. The van der Waals surface area contributed by atoms with Crippen LogP contribution in [0.4, 0.5) is 5.69 Å². The topological polar surface area (TPSA) is 124 Å². The van der Waals surface area contributed by atoms with Crippen LogP contribution in [0.15, 0.2) is 53.4 Å². The van der Waals surface area contributed by atoms with Crippen LogP contribution in [0.25, 0.3) is 5.69 Å². The van der Waals surface area contributed by atoms with Gasteiger partial charge in [-0.2, -0.15) is 4.68 Å². The summed E-state index contributed by atoms with van der Waals surface area (Å²) < 4.78 is 27.6. The minimum atomic E-state index is -4.05. The zero-order valence-corrected chi connectivity index (χ0v) is 14.8. The maximum absolute atomic E-state index is 12.8. The van der Waals surface area contributed by atoms with Gasteiger partial charge in [0.05, 0.1) is 11.3 Å². The minimum Gasteiger partial charge on any atom is -0.399 e. The van der Waals surface area contributed by atoms with E-state index in [1.54, 1.807) is 36.4 Å². The van der Waals surface area contributed by atoms with E-state index in [9.17, 15) is 13.2 Å². The van der Waals surface area contributed by atoms with Gasteiger partial charge >= 0.3 is 0 Å². The molecule has 2 N–H and O–H groups in total. The molecule has 1 aliphatic heterocycles. The lowest BCUT2D eigenvalue weighted by Crippen LogP contribution is -2.33. The molecule has 2 heterocycles. The number of fused-ring (bicyclic) bond motifs is 1. The fourth-order valence-electron chi connectivity index (χ4n) is 2.74. The highest BCUT2D eigenvalue weighted by molar-refractivity contribution is 7.91. The van der Waals surface area contributed by atoms with Crippen molar-refractivity contribution in [3.8, 4) is 5.69 Å². The predicted molar refractivity (Wildman–Crippen MR) is 95.1 cm³/mol. The molecule has 0 fully saturated rings. The molecule has 0 saturated carbocycles. The molecule has 9 nitrogen and oxygen atoms in total. The highest BCUT2D eigenvalue weighted by atomic mass is 32.2.